The van der Waals surface area contributed by atoms with Crippen LogP contribution in [-0.4, -0.2) is 44.0 Å². The Kier molecular flexibility index (Phi) is 7.75. The van der Waals surface area contributed by atoms with E-state index in [-0.39, 0.29) is 10.8 Å². The normalized spacial score (nSPS) is 15.2. The molecule has 1 saturated heterocycles. The lowest BCUT2D eigenvalue weighted by Crippen LogP contribution is -2.36. The lowest BCUT2D eigenvalue weighted by molar-refractivity contribution is 0.0956. The number of amides is 1. The van der Waals surface area contributed by atoms with E-state index in [0.717, 1.165) is 30.8 Å². The Morgan fingerprint density at radius 2 is 1.79 bits per heavy atom. The van der Waals surface area contributed by atoms with Gasteiger partial charge < -0.3 is 5.32 Å². The average molecular weight is 433 g/mol. The van der Waals surface area contributed by atoms with Crippen LogP contribution in [0.4, 0.5) is 0 Å². The summed E-state index contributed by atoms with van der Waals surface area (Å²) in [6.07, 6.45) is 2.84. The van der Waals surface area contributed by atoms with Gasteiger partial charge in [-0.05, 0) is 43.0 Å². The van der Waals surface area contributed by atoms with E-state index in [0.29, 0.717) is 30.8 Å². The lowest BCUT2D eigenvalue weighted by Gasteiger charge is -2.26. The van der Waals surface area contributed by atoms with Crippen LogP contribution in [0.15, 0.2) is 53.4 Å². The van der Waals surface area contributed by atoms with E-state index in [4.69, 9.17) is 0 Å². The monoisotopic (exact) mass is 432 g/mol. The van der Waals surface area contributed by atoms with Gasteiger partial charge in [-0.3, -0.25) is 4.79 Å². The second-order valence-corrected chi connectivity index (χ2v) is 10.3. The molecule has 2 aromatic rings. The number of nitrogens with zero attached hydrogens (tertiary/aromatic N) is 1. The third-order valence-corrected chi connectivity index (χ3v) is 8.10. The van der Waals surface area contributed by atoms with Crippen molar-refractivity contribution in [3.8, 4) is 0 Å². The van der Waals surface area contributed by atoms with E-state index in [1.807, 2.05) is 18.2 Å². The molecular formula is C22H28N2O3S2. The van der Waals surface area contributed by atoms with Crippen molar-refractivity contribution in [3.63, 3.8) is 0 Å². The third-order valence-electron chi connectivity index (χ3n) is 5.03. The number of hydrogen-bond donors (Lipinski definition) is 1. The van der Waals surface area contributed by atoms with Gasteiger partial charge in [0.1, 0.15) is 0 Å². The van der Waals surface area contributed by atoms with Crippen LogP contribution in [0.5, 0.6) is 0 Å². The lowest BCUT2D eigenvalue weighted by atomic mass is 10.1. The van der Waals surface area contributed by atoms with Crippen LogP contribution >= 0.6 is 11.8 Å². The Morgan fingerprint density at radius 3 is 2.52 bits per heavy atom. The van der Waals surface area contributed by atoms with E-state index in [1.54, 1.807) is 35.1 Å². The van der Waals surface area contributed by atoms with E-state index >= 15 is 0 Å². The van der Waals surface area contributed by atoms with Gasteiger partial charge in [-0.15, -0.1) is 0 Å². The number of carbonyl (C=O) groups excluding carboxylic acids is 1. The molecule has 1 heterocycles. The molecular weight excluding hydrogens is 404 g/mol. The second-order valence-electron chi connectivity index (χ2n) is 7.24. The Morgan fingerprint density at radius 1 is 1.07 bits per heavy atom. The van der Waals surface area contributed by atoms with E-state index in [2.05, 4.69) is 17.4 Å². The van der Waals surface area contributed by atoms with Crippen molar-refractivity contribution in [2.24, 2.45) is 0 Å². The number of sulfonamides is 1. The number of nitrogens with one attached hydrogen (secondary N) is 1. The highest BCUT2D eigenvalue weighted by atomic mass is 32.2. The molecule has 0 aliphatic carbocycles. The van der Waals surface area contributed by atoms with Crippen molar-refractivity contribution in [2.45, 2.75) is 36.8 Å². The topological polar surface area (TPSA) is 66.5 Å². The van der Waals surface area contributed by atoms with Gasteiger partial charge in [0.25, 0.3) is 5.91 Å². The minimum atomic E-state index is -3.56. The molecule has 0 radical (unpaired) electrons. The first-order chi connectivity index (χ1) is 14.0. The molecule has 3 rings (SSSR count). The number of hydrogen-bond acceptors (Lipinski definition) is 4. The van der Waals surface area contributed by atoms with Gasteiger partial charge in [-0.25, -0.2) is 8.42 Å². The third kappa shape index (κ3) is 5.84. The van der Waals surface area contributed by atoms with Gasteiger partial charge in [0.15, 0.2) is 0 Å². The molecule has 1 fully saturated rings. The smallest absolute Gasteiger partial charge is 0.251 e. The number of rotatable bonds is 8. The fourth-order valence-corrected chi connectivity index (χ4v) is 5.95. The summed E-state index contributed by atoms with van der Waals surface area (Å²) in [5, 5.41) is 2.89. The van der Waals surface area contributed by atoms with E-state index in [1.165, 1.54) is 11.6 Å². The van der Waals surface area contributed by atoms with Crippen molar-refractivity contribution in [1.82, 2.24) is 9.62 Å². The Labute approximate surface area is 177 Å². The highest BCUT2D eigenvalue weighted by molar-refractivity contribution is 7.98. The van der Waals surface area contributed by atoms with E-state index < -0.39 is 10.0 Å². The number of aryl methyl sites for hydroxylation is 1. The van der Waals surface area contributed by atoms with Crippen LogP contribution in [0.2, 0.25) is 0 Å². The fraction of sp³-hybridized carbons (Fsp3) is 0.409. The first kappa shape index (κ1) is 21.9. The fourth-order valence-electron chi connectivity index (χ4n) is 3.37. The summed E-state index contributed by atoms with van der Waals surface area (Å²) in [5.74, 6) is 1.46. The minimum Gasteiger partial charge on any atom is -0.351 e. The molecule has 0 aromatic heterocycles. The Balaban J connectivity index is 1.57. The van der Waals surface area contributed by atoms with Crippen LogP contribution in [0.1, 0.15) is 40.7 Å². The van der Waals surface area contributed by atoms with Crippen molar-refractivity contribution in [3.05, 3.63) is 65.2 Å². The zero-order chi connectivity index (χ0) is 20.7. The molecule has 0 atom stereocenters. The summed E-state index contributed by atoms with van der Waals surface area (Å²) in [6.45, 7) is 3.42. The predicted molar refractivity (Wildman–Crippen MR) is 119 cm³/mol. The Hall–Kier alpha value is -1.83. The zero-order valence-electron chi connectivity index (χ0n) is 16.8. The van der Waals surface area contributed by atoms with Crippen LogP contribution in [0.25, 0.3) is 0 Å². The first-order valence-corrected chi connectivity index (χ1v) is 12.6. The van der Waals surface area contributed by atoms with Gasteiger partial charge in [0, 0.05) is 36.7 Å². The number of benzene rings is 2. The summed E-state index contributed by atoms with van der Waals surface area (Å²) < 4.78 is 27.6. The number of carbonyl (C=O) groups is 1. The largest absolute Gasteiger partial charge is 0.351 e. The number of thioether (sulfide) groups is 1. The maximum atomic E-state index is 13.0. The number of piperidine rings is 1. The second kappa shape index (κ2) is 10.3. The van der Waals surface area contributed by atoms with E-state index in [9.17, 15) is 13.2 Å². The molecule has 0 saturated carbocycles. The molecule has 2 aromatic carbocycles. The molecule has 1 N–H and O–H groups in total. The molecule has 1 aliphatic heterocycles. The summed E-state index contributed by atoms with van der Waals surface area (Å²) in [5.41, 5.74) is 2.32. The molecule has 29 heavy (non-hydrogen) atoms. The maximum absolute atomic E-state index is 13.0. The van der Waals surface area contributed by atoms with Gasteiger partial charge in [-0.2, -0.15) is 16.1 Å². The zero-order valence-corrected chi connectivity index (χ0v) is 18.4. The van der Waals surface area contributed by atoms with Gasteiger partial charge in [0.05, 0.1) is 4.90 Å². The van der Waals surface area contributed by atoms with Crippen molar-refractivity contribution in [1.29, 1.82) is 0 Å². The standard InChI is InChI=1S/C22H28N2O3S2/c1-18-10-11-20(16-21(18)29(26,27)24-13-6-3-7-14-24)22(25)23-12-15-28-17-19-8-4-2-5-9-19/h2,4-5,8-11,16H,3,6-7,12-15,17H2,1H3,(H,23,25). The molecule has 5 nitrogen and oxygen atoms in total. The summed E-state index contributed by atoms with van der Waals surface area (Å²) >= 11 is 1.75. The minimum absolute atomic E-state index is 0.236. The van der Waals surface area contributed by atoms with Crippen LogP contribution < -0.4 is 5.32 Å². The van der Waals surface area contributed by atoms with Crippen LogP contribution in [0.3, 0.4) is 0 Å². The SMILES string of the molecule is Cc1ccc(C(=O)NCCSCc2ccccc2)cc1S(=O)(=O)N1CCCCC1. The quantitative estimate of drug-likeness (QED) is 0.644. The first-order valence-electron chi connectivity index (χ1n) is 9.99. The van der Waals surface area contributed by atoms with Crippen LogP contribution in [-0.2, 0) is 15.8 Å². The molecule has 156 valence electrons. The highest BCUT2D eigenvalue weighted by Crippen LogP contribution is 2.24. The summed E-state index contributed by atoms with van der Waals surface area (Å²) in [6, 6.07) is 15.1. The van der Waals surface area contributed by atoms with Crippen molar-refractivity contribution < 1.29 is 13.2 Å². The molecule has 7 heteroatoms. The van der Waals surface area contributed by atoms with Crippen molar-refractivity contribution >= 4 is 27.7 Å². The maximum Gasteiger partial charge on any atom is 0.251 e. The summed E-state index contributed by atoms with van der Waals surface area (Å²) in [4.78, 5) is 12.8. The van der Waals surface area contributed by atoms with Crippen LogP contribution in [0, 0.1) is 6.92 Å². The van der Waals surface area contributed by atoms with Crippen molar-refractivity contribution in [2.75, 3.05) is 25.4 Å². The predicted octanol–water partition coefficient (Wildman–Crippen LogP) is 3.83. The molecule has 1 amide bonds. The van der Waals surface area contributed by atoms with Gasteiger partial charge in [0.2, 0.25) is 10.0 Å². The Bertz CT molecular complexity index is 924. The molecule has 0 bridgehead atoms. The highest BCUT2D eigenvalue weighted by Gasteiger charge is 2.28. The molecule has 1 aliphatic rings. The molecule has 0 spiro atoms. The van der Waals surface area contributed by atoms with Gasteiger partial charge >= 0.3 is 0 Å². The average Bonchev–Trinajstić information content (AvgIpc) is 2.75. The molecule has 0 unspecified atom stereocenters. The summed E-state index contributed by atoms with van der Waals surface area (Å²) in [7, 11) is -3.56. The van der Waals surface area contributed by atoms with Gasteiger partial charge in [-0.1, -0.05) is 42.8 Å².